The molecule has 0 heterocycles. The summed E-state index contributed by atoms with van der Waals surface area (Å²) in [5.41, 5.74) is 0. The van der Waals surface area contributed by atoms with Crippen LogP contribution in [0.3, 0.4) is 0 Å². The number of hydrogen-bond acceptors (Lipinski definition) is 3. The van der Waals surface area contributed by atoms with Gasteiger partial charge in [0, 0.05) is 39.8 Å². The van der Waals surface area contributed by atoms with E-state index in [-0.39, 0.29) is 32.7 Å². The molecule has 0 aromatic heterocycles. The quantitative estimate of drug-likeness (QED) is 0.453. The van der Waals surface area contributed by atoms with Gasteiger partial charge in [-0.15, -0.1) is 0 Å². The van der Waals surface area contributed by atoms with Gasteiger partial charge in [0.05, 0.1) is 13.2 Å². The van der Waals surface area contributed by atoms with E-state index in [0.717, 1.165) is 0 Å². The smallest absolute Gasteiger partial charge is 0.0769 e. The van der Waals surface area contributed by atoms with E-state index in [4.69, 9.17) is 0 Å². The Kier molecular flexibility index (Phi) is 14.9. The van der Waals surface area contributed by atoms with Crippen molar-refractivity contribution in [2.45, 2.75) is 0 Å². The van der Waals surface area contributed by atoms with Gasteiger partial charge in [-0.1, -0.05) is 6.47 Å². The first-order valence-electron chi connectivity index (χ1n) is 1.89. The van der Waals surface area contributed by atoms with Crippen molar-refractivity contribution < 1.29 is 47.0 Å². The van der Waals surface area contributed by atoms with Gasteiger partial charge in [-0.2, -0.15) is 0 Å². The molecular formula is C4H7O3Y-. The van der Waals surface area contributed by atoms with E-state index in [2.05, 4.69) is 9.47 Å². The van der Waals surface area contributed by atoms with Crippen LogP contribution >= 0.6 is 0 Å². The molecule has 0 aromatic rings. The summed E-state index contributed by atoms with van der Waals surface area (Å²) in [6.45, 7) is 2.00. The molecule has 0 N–H and O–H groups in total. The molecule has 0 atom stereocenters. The molecule has 0 amide bonds. The molecule has 0 aliphatic heterocycles. The summed E-state index contributed by atoms with van der Waals surface area (Å²) in [7, 11) is 1.54. The van der Waals surface area contributed by atoms with Crippen LogP contribution in [0.25, 0.3) is 0 Å². The van der Waals surface area contributed by atoms with Crippen LogP contribution in [0, 0.1) is 0 Å². The Morgan fingerprint density at radius 1 is 1.50 bits per heavy atom. The first kappa shape index (κ1) is 11.3. The van der Waals surface area contributed by atoms with Crippen molar-refractivity contribution >= 4 is 6.47 Å². The van der Waals surface area contributed by atoms with E-state index in [9.17, 15) is 4.79 Å². The predicted molar refractivity (Wildman–Crippen MR) is 23.5 cm³/mol. The molecular weight excluding hydrogens is 185 g/mol. The molecule has 0 aliphatic rings. The van der Waals surface area contributed by atoms with E-state index in [1.54, 1.807) is 0 Å². The van der Waals surface area contributed by atoms with Crippen LogP contribution < -0.4 is 0 Å². The Bertz CT molecular complexity index is 48.5. The van der Waals surface area contributed by atoms with Gasteiger partial charge in [0.15, 0.2) is 0 Å². The Morgan fingerprint density at radius 3 is 2.50 bits per heavy atom. The van der Waals surface area contributed by atoms with Gasteiger partial charge in [0.1, 0.15) is 0 Å². The summed E-state index contributed by atoms with van der Waals surface area (Å²) >= 11 is 0. The number of carbonyl (C=O) groups excluding carboxylic acids is 1. The van der Waals surface area contributed by atoms with Gasteiger partial charge in [-0.05, 0) is 0 Å². The van der Waals surface area contributed by atoms with Crippen LogP contribution in [-0.2, 0) is 47.0 Å². The molecule has 0 spiro atoms. The van der Waals surface area contributed by atoms with Crippen LogP contribution in [0.1, 0.15) is 0 Å². The van der Waals surface area contributed by atoms with Crippen LogP contribution in [-0.4, -0.2) is 26.8 Å². The zero-order chi connectivity index (χ0) is 5.54. The summed E-state index contributed by atoms with van der Waals surface area (Å²) in [5.74, 6) is 0. The van der Waals surface area contributed by atoms with Crippen molar-refractivity contribution in [1.29, 1.82) is 0 Å². The number of ether oxygens (including phenoxy) is 2. The van der Waals surface area contributed by atoms with Crippen molar-refractivity contribution in [2.24, 2.45) is 0 Å². The second-order valence-corrected chi connectivity index (χ2v) is 0.925. The molecule has 0 fully saturated rings. The van der Waals surface area contributed by atoms with Gasteiger partial charge in [0.2, 0.25) is 0 Å². The third-order valence-electron chi connectivity index (χ3n) is 0.448. The summed E-state index contributed by atoms with van der Waals surface area (Å²) in [6.07, 6.45) is 0. The van der Waals surface area contributed by atoms with Crippen molar-refractivity contribution in [2.75, 3.05) is 20.3 Å². The minimum absolute atomic E-state index is 0. The summed E-state index contributed by atoms with van der Waals surface area (Å²) in [5, 5.41) is 0. The fraction of sp³-hybridized carbons (Fsp3) is 0.750. The number of rotatable bonds is 4. The monoisotopic (exact) mass is 192 g/mol. The first-order valence-corrected chi connectivity index (χ1v) is 1.89. The Morgan fingerprint density at radius 2 is 2.12 bits per heavy atom. The molecule has 45 valence electrons. The second-order valence-electron chi connectivity index (χ2n) is 0.925. The SMILES string of the molecule is COCCO[C-]=O.[Y]. The zero-order valence-electron chi connectivity index (χ0n) is 4.72. The largest absolute Gasteiger partial charge is 0.651 e. The van der Waals surface area contributed by atoms with E-state index in [0.29, 0.717) is 13.2 Å². The molecule has 0 aliphatic carbocycles. The van der Waals surface area contributed by atoms with E-state index in [1.807, 2.05) is 0 Å². The minimum Gasteiger partial charge on any atom is -0.651 e. The average Bonchev–Trinajstić information content (AvgIpc) is 1.69. The maximum atomic E-state index is 9.28. The van der Waals surface area contributed by atoms with Gasteiger partial charge in [-0.25, -0.2) is 0 Å². The van der Waals surface area contributed by atoms with Crippen LogP contribution in [0.5, 0.6) is 0 Å². The molecule has 0 saturated carbocycles. The first-order chi connectivity index (χ1) is 3.41. The predicted octanol–water partition coefficient (Wildman–Crippen LogP) is -0.286. The molecule has 4 heteroatoms. The van der Waals surface area contributed by atoms with Crippen molar-refractivity contribution in [3.63, 3.8) is 0 Å². The molecule has 8 heavy (non-hydrogen) atoms. The van der Waals surface area contributed by atoms with Gasteiger partial charge >= 0.3 is 0 Å². The third kappa shape index (κ3) is 9.73. The summed E-state index contributed by atoms with van der Waals surface area (Å²) in [6, 6.07) is 0. The van der Waals surface area contributed by atoms with Gasteiger partial charge < -0.3 is 14.3 Å². The fourth-order valence-corrected chi connectivity index (χ4v) is 0.167. The van der Waals surface area contributed by atoms with E-state index in [1.165, 1.54) is 13.6 Å². The summed E-state index contributed by atoms with van der Waals surface area (Å²) < 4.78 is 8.68. The van der Waals surface area contributed by atoms with Crippen LogP contribution in [0.4, 0.5) is 0 Å². The standard InChI is InChI=1S/C4H7O3.Y/c1-6-2-3-7-4-5;/h2-3H2,1H3;/q-1;. The average molecular weight is 192 g/mol. The zero-order valence-corrected chi connectivity index (χ0v) is 7.55. The number of hydrogen-bond donors (Lipinski definition) is 0. The van der Waals surface area contributed by atoms with E-state index >= 15 is 0 Å². The molecule has 1 radical (unpaired) electrons. The third-order valence-corrected chi connectivity index (χ3v) is 0.448. The maximum absolute atomic E-state index is 9.28. The minimum atomic E-state index is 0. The molecule has 0 unspecified atom stereocenters. The van der Waals surface area contributed by atoms with Crippen LogP contribution in [0.2, 0.25) is 0 Å². The Labute approximate surface area is 73.6 Å². The molecule has 3 nitrogen and oxygen atoms in total. The summed E-state index contributed by atoms with van der Waals surface area (Å²) in [4.78, 5) is 9.28. The Hall–Kier alpha value is 0.534. The van der Waals surface area contributed by atoms with Gasteiger partial charge in [-0.3, -0.25) is 0 Å². The van der Waals surface area contributed by atoms with Crippen LogP contribution in [0.15, 0.2) is 0 Å². The maximum Gasteiger partial charge on any atom is 0.0769 e. The fourth-order valence-electron chi connectivity index (χ4n) is 0.167. The van der Waals surface area contributed by atoms with Crippen molar-refractivity contribution in [1.82, 2.24) is 0 Å². The van der Waals surface area contributed by atoms with Crippen molar-refractivity contribution in [3.05, 3.63) is 0 Å². The normalized spacial score (nSPS) is 7.12. The molecule has 0 aromatic carbocycles. The second kappa shape index (κ2) is 10.5. The molecule has 0 rings (SSSR count). The Balaban J connectivity index is 0. The van der Waals surface area contributed by atoms with Crippen molar-refractivity contribution in [3.8, 4) is 0 Å². The van der Waals surface area contributed by atoms with E-state index < -0.39 is 0 Å². The van der Waals surface area contributed by atoms with Gasteiger partial charge in [0.25, 0.3) is 0 Å². The molecule has 0 saturated heterocycles. The number of methoxy groups -OCH3 is 1. The molecule has 0 bridgehead atoms. The topological polar surface area (TPSA) is 35.5 Å².